The summed E-state index contributed by atoms with van der Waals surface area (Å²) >= 11 is 0. The second-order valence-electron chi connectivity index (χ2n) is 4.04. The molecule has 102 valence electrons. The predicted molar refractivity (Wildman–Crippen MR) is 68.5 cm³/mol. The Balaban J connectivity index is 2.20. The van der Waals surface area contributed by atoms with Crippen molar-refractivity contribution >= 4 is 11.9 Å². The summed E-state index contributed by atoms with van der Waals surface area (Å²) in [6.45, 7) is 0. The standard InChI is InChI=1S/C14H11FN2O3/c15-11-5-3-9(4-6-11)12(14(19)20)17-13(18)10-2-1-7-16-8-10/h1-8,12H,(H,17,18)(H,19,20). The van der Waals surface area contributed by atoms with Crippen molar-refractivity contribution in [2.45, 2.75) is 6.04 Å². The van der Waals surface area contributed by atoms with E-state index in [1.54, 1.807) is 6.07 Å². The molecule has 1 unspecified atom stereocenters. The molecule has 6 heteroatoms. The van der Waals surface area contributed by atoms with Crippen LogP contribution in [0.15, 0.2) is 48.8 Å². The number of aliphatic carboxylic acids is 1. The Kier molecular flexibility index (Phi) is 4.05. The topological polar surface area (TPSA) is 79.3 Å². The molecule has 0 spiro atoms. The summed E-state index contributed by atoms with van der Waals surface area (Å²) < 4.78 is 12.8. The Morgan fingerprint density at radius 2 is 1.90 bits per heavy atom. The van der Waals surface area contributed by atoms with Crippen molar-refractivity contribution in [3.05, 3.63) is 65.7 Å². The van der Waals surface area contributed by atoms with Crippen LogP contribution in [0.1, 0.15) is 22.0 Å². The normalized spacial score (nSPS) is 11.7. The molecule has 1 aromatic heterocycles. The maximum absolute atomic E-state index is 12.8. The highest BCUT2D eigenvalue weighted by Crippen LogP contribution is 2.14. The fraction of sp³-hybridized carbons (Fsp3) is 0.0714. The first-order valence-electron chi connectivity index (χ1n) is 5.77. The summed E-state index contributed by atoms with van der Waals surface area (Å²) in [6.07, 6.45) is 2.84. The zero-order chi connectivity index (χ0) is 14.5. The summed E-state index contributed by atoms with van der Waals surface area (Å²) in [4.78, 5) is 26.9. The third kappa shape index (κ3) is 3.17. The molecule has 0 saturated heterocycles. The first-order valence-corrected chi connectivity index (χ1v) is 5.77. The minimum Gasteiger partial charge on any atom is -0.479 e. The van der Waals surface area contributed by atoms with Crippen molar-refractivity contribution < 1.29 is 19.1 Å². The Hall–Kier alpha value is -2.76. The highest BCUT2D eigenvalue weighted by molar-refractivity contribution is 5.96. The molecular formula is C14H11FN2O3. The lowest BCUT2D eigenvalue weighted by Crippen LogP contribution is -2.33. The Bertz CT molecular complexity index is 614. The van der Waals surface area contributed by atoms with Crippen LogP contribution in [-0.4, -0.2) is 22.0 Å². The van der Waals surface area contributed by atoms with Crippen molar-refractivity contribution in [1.82, 2.24) is 10.3 Å². The highest BCUT2D eigenvalue weighted by atomic mass is 19.1. The molecular weight excluding hydrogens is 263 g/mol. The highest BCUT2D eigenvalue weighted by Gasteiger charge is 2.22. The first-order chi connectivity index (χ1) is 9.58. The van der Waals surface area contributed by atoms with Crippen molar-refractivity contribution in [2.24, 2.45) is 0 Å². The van der Waals surface area contributed by atoms with E-state index >= 15 is 0 Å². The van der Waals surface area contributed by atoms with Crippen LogP contribution in [0, 0.1) is 5.82 Å². The Morgan fingerprint density at radius 3 is 2.45 bits per heavy atom. The third-order valence-corrected chi connectivity index (χ3v) is 2.65. The molecule has 0 aliphatic heterocycles. The average molecular weight is 274 g/mol. The van der Waals surface area contributed by atoms with Gasteiger partial charge >= 0.3 is 5.97 Å². The lowest BCUT2D eigenvalue weighted by molar-refractivity contribution is -0.139. The number of hydrogen-bond acceptors (Lipinski definition) is 3. The van der Waals surface area contributed by atoms with Gasteiger partial charge in [0.25, 0.3) is 5.91 Å². The van der Waals surface area contributed by atoms with E-state index < -0.39 is 23.7 Å². The number of pyridine rings is 1. The van der Waals surface area contributed by atoms with E-state index in [0.29, 0.717) is 0 Å². The Morgan fingerprint density at radius 1 is 1.20 bits per heavy atom. The number of carboxylic acids is 1. The molecule has 0 aliphatic carbocycles. The van der Waals surface area contributed by atoms with Crippen LogP contribution in [0.2, 0.25) is 0 Å². The quantitative estimate of drug-likeness (QED) is 0.890. The van der Waals surface area contributed by atoms with Gasteiger partial charge in [-0.25, -0.2) is 9.18 Å². The predicted octanol–water partition coefficient (Wildman–Crippen LogP) is 1.78. The molecule has 2 rings (SSSR count). The maximum atomic E-state index is 12.8. The molecule has 0 fully saturated rings. The molecule has 1 aromatic carbocycles. The summed E-state index contributed by atoms with van der Waals surface area (Å²) in [7, 11) is 0. The van der Waals surface area contributed by atoms with E-state index in [0.717, 1.165) is 12.1 Å². The second kappa shape index (κ2) is 5.92. The molecule has 0 bridgehead atoms. The van der Waals surface area contributed by atoms with Gasteiger partial charge in [-0.15, -0.1) is 0 Å². The molecule has 0 saturated carbocycles. The molecule has 1 atom stereocenters. The van der Waals surface area contributed by atoms with Gasteiger partial charge in [-0.1, -0.05) is 12.1 Å². The van der Waals surface area contributed by atoms with Crippen LogP contribution < -0.4 is 5.32 Å². The van der Waals surface area contributed by atoms with Crippen LogP contribution in [0.4, 0.5) is 4.39 Å². The van der Waals surface area contributed by atoms with Crippen LogP contribution in [0.3, 0.4) is 0 Å². The third-order valence-electron chi connectivity index (χ3n) is 2.65. The van der Waals surface area contributed by atoms with Crippen molar-refractivity contribution in [3.8, 4) is 0 Å². The summed E-state index contributed by atoms with van der Waals surface area (Å²) in [6, 6.07) is 6.76. The number of nitrogens with zero attached hydrogens (tertiary/aromatic N) is 1. The number of benzene rings is 1. The van der Waals surface area contributed by atoms with Gasteiger partial charge in [0.1, 0.15) is 5.82 Å². The van der Waals surface area contributed by atoms with Crippen molar-refractivity contribution in [2.75, 3.05) is 0 Å². The van der Waals surface area contributed by atoms with Gasteiger partial charge in [-0.05, 0) is 29.8 Å². The second-order valence-corrected chi connectivity index (χ2v) is 4.04. The minimum absolute atomic E-state index is 0.251. The van der Waals surface area contributed by atoms with E-state index in [9.17, 15) is 14.0 Å². The van der Waals surface area contributed by atoms with Gasteiger partial charge in [0, 0.05) is 12.4 Å². The zero-order valence-electron chi connectivity index (χ0n) is 10.3. The lowest BCUT2D eigenvalue weighted by Gasteiger charge is -2.14. The number of carbonyl (C=O) groups excluding carboxylic acids is 1. The van der Waals surface area contributed by atoms with Crippen molar-refractivity contribution in [3.63, 3.8) is 0 Å². The minimum atomic E-state index is -1.25. The van der Waals surface area contributed by atoms with Gasteiger partial charge in [0.05, 0.1) is 5.56 Å². The van der Waals surface area contributed by atoms with Crippen molar-refractivity contribution in [1.29, 1.82) is 0 Å². The summed E-state index contributed by atoms with van der Waals surface area (Å²) in [5.74, 6) is -2.26. The summed E-state index contributed by atoms with van der Waals surface area (Å²) in [5, 5.41) is 11.5. The SMILES string of the molecule is O=C(NC(C(=O)O)c1ccc(F)cc1)c1cccnc1. The molecule has 5 nitrogen and oxygen atoms in total. The van der Waals surface area contributed by atoms with E-state index in [1.807, 2.05) is 0 Å². The maximum Gasteiger partial charge on any atom is 0.330 e. The molecule has 1 amide bonds. The first kappa shape index (κ1) is 13.7. The Labute approximate surface area is 114 Å². The van der Waals surface area contributed by atoms with Gasteiger partial charge in [0.15, 0.2) is 6.04 Å². The average Bonchev–Trinajstić information content (AvgIpc) is 2.46. The molecule has 0 aliphatic rings. The van der Waals surface area contributed by atoms with Gasteiger partial charge in [-0.2, -0.15) is 0 Å². The van der Waals surface area contributed by atoms with Gasteiger partial charge < -0.3 is 10.4 Å². The number of rotatable bonds is 4. The van der Waals surface area contributed by atoms with E-state index in [-0.39, 0.29) is 11.1 Å². The monoisotopic (exact) mass is 274 g/mol. The fourth-order valence-corrected chi connectivity index (χ4v) is 1.65. The van der Waals surface area contributed by atoms with E-state index in [1.165, 1.54) is 30.6 Å². The number of carboxylic acid groups (broad SMARTS) is 1. The van der Waals surface area contributed by atoms with Gasteiger partial charge in [-0.3, -0.25) is 9.78 Å². The number of carbonyl (C=O) groups is 2. The van der Waals surface area contributed by atoms with Gasteiger partial charge in [0.2, 0.25) is 0 Å². The van der Waals surface area contributed by atoms with Crippen LogP contribution in [-0.2, 0) is 4.79 Å². The van der Waals surface area contributed by atoms with E-state index in [2.05, 4.69) is 10.3 Å². The fourth-order valence-electron chi connectivity index (χ4n) is 1.65. The van der Waals surface area contributed by atoms with Crippen LogP contribution in [0.25, 0.3) is 0 Å². The molecule has 2 N–H and O–H groups in total. The molecule has 0 radical (unpaired) electrons. The number of aromatic nitrogens is 1. The molecule has 20 heavy (non-hydrogen) atoms. The number of halogens is 1. The van der Waals surface area contributed by atoms with Crippen LogP contribution in [0.5, 0.6) is 0 Å². The number of nitrogens with one attached hydrogen (secondary N) is 1. The smallest absolute Gasteiger partial charge is 0.330 e. The summed E-state index contributed by atoms with van der Waals surface area (Å²) in [5.41, 5.74) is 0.539. The number of amides is 1. The number of hydrogen-bond donors (Lipinski definition) is 2. The lowest BCUT2D eigenvalue weighted by atomic mass is 10.1. The van der Waals surface area contributed by atoms with E-state index in [4.69, 9.17) is 5.11 Å². The molecule has 1 heterocycles. The van der Waals surface area contributed by atoms with Crippen LogP contribution >= 0.6 is 0 Å². The molecule has 2 aromatic rings. The largest absolute Gasteiger partial charge is 0.479 e. The zero-order valence-corrected chi connectivity index (χ0v) is 10.3.